The van der Waals surface area contributed by atoms with Crippen LogP contribution in [0.3, 0.4) is 0 Å². The Labute approximate surface area is 144 Å². The first-order valence-corrected chi connectivity index (χ1v) is 10.2. The second kappa shape index (κ2) is 8.16. The number of carbonyl (C=O) groups excluding carboxylic acids is 2. The van der Waals surface area contributed by atoms with Crippen molar-refractivity contribution in [1.29, 1.82) is 0 Å². The molecule has 1 N–H and O–H groups in total. The van der Waals surface area contributed by atoms with E-state index in [0.717, 1.165) is 22.2 Å². The van der Waals surface area contributed by atoms with Gasteiger partial charge in [0.1, 0.15) is 12.0 Å². The molecule has 1 aromatic carbocycles. The molecular weight excluding hydrogens is 353 g/mol. The summed E-state index contributed by atoms with van der Waals surface area (Å²) >= 11 is 0.900. The van der Waals surface area contributed by atoms with Gasteiger partial charge in [-0.25, -0.2) is 0 Å². The van der Waals surface area contributed by atoms with Crippen molar-refractivity contribution in [2.75, 3.05) is 19.5 Å². The maximum Gasteiger partial charge on any atom is 0.350 e. The topological polar surface area (TPSA) is 93.1 Å². The number of imide groups is 1. The highest BCUT2D eigenvalue weighted by Gasteiger charge is 2.43. The lowest BCUT2D eigenvalue weighted by molar-refractivity contribution is -0.126. The molecule has 0 radical (unpaired) electrons. The van der Waals surface area contributed by atoms with Crippen molar-refractivity contribution in [3.05, 3.63) is 29.8 Å². The predicted octanol–water partition coefficient (Wildman–Crippen LogP) is 3.22. The fourth-order valence-electron chi connectivity index (χ4n) is 2.29. The number of phenols is 1. The van der Waals surface area contributed by atoms with Crippen LogP contribution < -0.4 is 0 Å². The third-order valence-electron chi connectivity index (χ3n) is 3.33. The van der Waals surface area contributed by atoms with Gasteiger partial charge in [0.05, 0.1) is 18.5 Å². The fourth-order valence-corrected chi connectivity index (χ4v) is 5.05. The minimum absolute atomic E-state index is 0.135. The lowest BCUT2D eigenvalue weighted by Crippen LogP contribution is -2.33. The van der Waals surface area contributed by atoms with Gasteiger partial charge in [-0.3, -0.25) is 19.1 Å². The molecule has 1 atom stereocenters. The normalized spacial score (nSPS) is 18.4. The Bertz CT molecular complexity index is 640. The minimum Gasteiger partial charge on any atom is -0.508 e. The molecular formula is C15H20NO6PS. The molecule has 2 rings (SSSR count). The van der Waals surface area contributed by atoms with Crippen molar-refractivity contribution >= 4 is 30.5 Å². The van der Waals surface area contributed by atoms with E-state index in [4.69, 9.17) is 9.05 Å². The van der Waals surface area contributed by atoms with Crippen LogP contribution in [0.5, 0.6) is 5.75 Å². The number of aromatic hydroxyl groups is 1. The molecule has 0 aliphatic carbocycles. The molecule has 1 heterocycles. The van der Waals surface area contributed by atoms with Crippen LogP contribution in [0.25, 0.3) is 0 Å². The zero-order valence-electron chi connectivity index (χ0n) is 13.5. The summed E-state index contributed by atoms with van der Waals surface area (Å²) in [5, 5.41) is 8.25. The van der Waals surface area contributed by atoms with Crippen LogP contribution in [-0.4, -0.2) is 45.9 Å². The Hall–Kier alpha value is -1.34. The number of amides is 2. The number of rotatable bonds is 8. The quantitative estimate of drug-likeness (QED) is 0.699. The van der Waals surface area contributed by atoms with E-state index >= 15 is 0 Å². The van der Waals surface area contributed by atoms with Gasteiger partial charge in [-0.15, -0.1) is 0 Å². The van der Waals surface area contributed by atoms with E-state index < -0.39 is 24.0 Å². The number of hydrogen-bond acceptors (Lipinski definition) is 7. The molecule has 24 heavy (non-hydrogen) atoms. The van der Waals surface area contributed by atoms with Crippen molar-refractivity contribution in [2.45, 2.75) is 25.5 Å². The van der Waals surface area contributed by atoms with Crippen molar-refractivity contribution in [3.8, 4) is 5.75 Å². The first-order chi connectivity index (χ1) is 11.4. The summed E-state index contributed by atoms with van der Waals surface area (Å²) in [6, 6.07) is 6.44. The van der Waals surface area contributed by atoms with Gasteiger partial charge in [0.25, 0.3) is 5.24 Å². The second-order valence-corrected chi connectivity index (χ2v) is 8.27. The first kappa shape index (κ1) is 19.0. The van der Waals surface area contributed by atoms with E-state index in [1.165, 1.54) is 12.1 Å². The van der Waals surface area contributed by atoms with Crippen LogP contribution in [0.15, 0.2) is 24.3 Å². The first-order valence-electron chi connectivity index (χ1n) is 7.56. The van der Waals surface area contributed by atoms with Gasteiger partial charge in [0.15, 0.2) is 0 Å². The van der Waals surface area contributed by atoms with E-state index in [0.29, 0.717) is 6.42 Å². The summed E-state index contributed by atoms with van der Waals surface area (Å²) < 4.78 is 22.8. The van der Waals surface area contributed by atoms with Crippen LogP contribution in [-0.2, 0) is 24.8 Å². The van der Waals surface area contributed by atoms with Gasteiger partial charge >= 0.3 is 7.60 Å². The highest BCUT2D eigenvalue weighted by atomic mass is 32.2. The monoisotopic (exact) mass is 373 g/mol. The number of thioether (sulfide) groups is 1. The third-order valence-corrected chi connectivity index (χ3v) is 6.34. The maximum absolute atomic E-state index is 12.5. The summed E-state index contributed by atoms with van der Waals surface area (Å²) in [5.74, 6) is -0.270. The molecule has 7 nitrogen and oxygen atoms in total. The molecule has 1 aliphatic heterocycles. The molecule has 1 aromatic rings. The standard InChI is InChI=1S/C15H20NO6PS/c1-3-21-23(20,22-4-2)10-16-14(18)13(24-15(16)19)9-11-5-7-12(17)8-6-11/h5-8,13,17H,3-4,9-10H2,1-2H3. The Morgan fingerprint density at radius 2 is 1.75 bits per heavy atom. The van der Waals surface area contributed by atoms with E-state index in [9.17, 15) is 19.3 Å². The lowest BCUT2D eigenvalue weighted by Gasteiger charge is -2.21. The Morgan fingerprint density at radius 3 is 2.29 bits per heavy atom. The average molecular weight is 373 g/mol. The van der Waals surface area contributed by atoms with Crippen LogP contribution in [0.2, 0.25) is 0 Å². The summed E-state index contributed by atoms with van der Waals surface area (Å²) in [7, 11) is -3.52. The second-order valence-electron chi connectivity index (χ2n) is 5.10. The van der Waals surface area contributed by atoms with E-state index in [1.54, 1.807) is 26.0 Å². The Kier molecular flexibility index (Phi) is 6.46. The van der Waals surface area contributed by atoms with Gasteiger partial charge in [-0.05, 0) is 38.0 Å². The molecule has 0 spiro atoms. The number of benzene rings is 1. The molecule has 132 valence electrons. The van der Waals surface area contributed by atoms with Gasteiger partial charge in [0.2, 0.25) is 5.91 Å². The van der Waals surface area contributed by atoms with Crippen molar-refractivity contribution < 1.29 is 28.3 Å². The molecule has 9 heteroatoms. The molecule has 0 aromatic heterocycles. The molecule has 1 fully saturated rings. The minimum atomic E-state index is -3.52. The van der Waals surface area contributed by atoms with Crippen LogP contribution in [0, 0.1) is 0 Å². The fraction of sp³-hybridized carbons (Fsp3) is 0.467. The number of nitrogens with zero attached hydrogens (tertiary/aromatic N) is 1. The number of phenolic OH excluding ortho intramolecular Hbond substituents is 1. The molecule has 1 aliphatic rings. The maximum atomic E-state index is 12.5. The summed E-state index contributed by atoms with van der Waals surface area (Å²) in [6.45, 7) is 3.67. The van der Waals surface area contributed by atoms with Gasteiger partial charge < -0.3 is 14.2 Å². The zero-order chi connectivity index (χ0) is 17.7. The van der Waals surface area contributed by atoms with Crippen molar-refractivity contribution in [3.63, 3.8) is 0 Å². The van der Waals surface area contributed by atoms with Gasteiger partial charge in [-0.2, -0.15) is 0 Å². The Balaban J connectivity index is 2.07. The summed E-state index contributed by atoms with van der Waals surface area (Å²) in [5.41, 5.74) is 0.825. The third kappa shape index (κ3) is 4.60. The molecule has 2 amide bonds. The number of hydrogen-bond donors (Lipinski definition) is 1. The van der Waals surface area contributed by atoms with Crippen molar-refractivity contribution in [2.24, 2.45) is 0 Å². The largest absolute Gasteiger partial charge is 0.508 e. The van der Waals surface area contributed by atoms with Gasteiger partial charge in [0, 0.05) is 0 Å². The SMILES string of the molecule is CCOP(=O)(CN1C(=O)SC(Cc2ccc(O)cc2)C1=O)OCC. The van der Waals surface area contributed by atoms with E-state index in [2.05, 4.69) is 0 Å². The molecule has 0 bridgehead atoms. The van der Waals surface area contributed by atoms with Gasteiger partial charge in [-0.1, -0.05) is 23.9 Å². The average Bonchev–Trinajstić information content (AvgIpc) is 2.77. The molecule has 1 saturated heterocycles. The van der Waals surface area contributed by atoms with E-state index in [1.807, 2.05) is 0 Å². The van der Waals surface area contributed by atoms with Crippen LogP contribution in [0.4, 0.5) is 4.79 Å². The molecule has 1 unspecified atom stereocenters. The summed E-state index contributed by atoms with van der Waals surface area (Å²) in [4.78, 5) is 25.5. The smallest absolute Gasteiger partial charge is 0.350 e. The highest BCUT2D eigenvalue weighted by Crippen LogP contribution is 2.50. The summed E-state index contributed by atoms with van der Waals surface area (Å²) in [6.07, 6.45) is -0.0228. The number of carbonyl (C=O) groups is 2. The van der Waals surface area contributed by atoms with E-state index in [-0.39, 0.29) is 25.2 Å². The van der Waals surface area contributed by atoms with Crippen molar-refractivity contribution in [1.82, 2.24) is 4.90 Å². The Morgan fingerprint density at radius 1 is 1.17 bits per heavy atom. The van der Waals surface area contributed by atoms with Crippen LogP contribution in [0.1, 0.15) is 19.4 Å². The lowest BCUT2D eigenvalue weighted by atomic mass is 10.1. The molecule has 0 saturated carbocycles. The van der Waals surface area contributed by atoms with Crippen LogP contribution >= 0.6 is 19.4 Å². The predicted molar refractivity (Wildman–Crippen MR) is 91.2 cm³/mol. The zero-order valence-corrected chi connectivity index (χ0v) is 15.2. The highest BCUT2D eigenvalue weighted by molar-refractivity contribution is 8.15.